The fourth-order valence-electron chi connectivity index (χ4n) is 1.14. The van der Waals surface area contributed by atoms with Crippen LogP contribution in [0, 0.1) is 0 Å². The van der Waals surface area contributed by atoms with Crippen molar-refractivity contribution >= 4 is 0 Å². The molecular formula is C10H15NO2. The van der Waals surface area contributed by atoms with E-state index < -0.39 is 5.60 Å². The molecule has 0 heterocycles. The summed E-state index contributed by atoms with van der Waals surface area (Å²) in [5, 5.41) is 19.1. The lowest BCUT2D eigenvalue weighted by molar-refractivity contribution is 0.0690. The summed E-state index contributed by atoms with van der Waals surface area (Å²) in [6.45, 7) is 1.83. The Morgan fingerprint density at radius 1 is 1.38 bits per heavy atom. The van der Waals surface area contributed by atoms with E-state index in [0.717, 1.165) is 5.56 Å². The molecule has 13 heavy (non-hydrogen) atoms. The number of nitrogens with two attached hydrogens (primary N) is 1. The quantitative estimate of drug-likeness (QED) is 0.641. The van der Waals surface area contributed by atoms with Gasteiger partial charge in [0.05, 0.1) is 5.60 Å². The summed E-state index contributed by atoms with van der Waals surface area (Å²) < 4.78 is 0. The first-order valence-corrected chi connectivity index (χ1v) is 4.24. The van der Waals surface area contributed by atoms with Gasteiger partial charge in [-0.3, -0.25) is 0 Å². The van der Waals surface area contributed by atoms with Gasteiger partial charge in [-0.1, -0.05) is 18.2 Å². The number of hydrogen-bond acceptors (Lipinski definition) is 3. The summed E-state index contributed by atoms with van der Waals surface area (Å²) in [4.78, 5) is 0. The third kappa shape index (κ3) is 2.72. The molecule has 1 atom stereocenters. The SMILES string of the molecule is CC(O)(CN)Cc1ccccc1O. The Morgan fingerprint density at radius 2 is 2.00 bits per heavy atom. The predicted octanol–water partition coefficient (Wildman–Crippen LogP) is 0.644. The first-order valence-electron chi connectivity index (χ1n) is 4.24. The molecule has 72 valence electrons. The van der Waals surface area contributed by atoms with Crippen LogP contribution in [0.5, 0.6) is 5.75 Å². The van der Waals surface area contributed by atoms with E-state index in [0.29, 0.717) is 6.42 Å². The van der Waals surface area contributed by atoms with Crippen LogP contribution in [0.25, 0.3) is 0 Å². The molecule has 0 aromatic heterocycles. The second-order valence-electron chi connectivity index (χ2n) is 3.51. The molecule has 0 aliphatic carbocycles. The molecule has 0 spiro atoms. The molecule has 0 radical (unpaired) electrons. The molecule has 1 aromatic carbocycles. The first kappa shape index (κ1) is 10.0. The molecule has 1 rings (SSSR count). The Morgan fingerprint density at radius 3 is 2.54 bits per heavy atom. The molecule has 0 saturated heterocycles. The zero-order chi connectivity index (χ0) is 9.90. The second kappa shape index (κ2) is 3.77. The molecule has 4 N–H and O–H groups in total. The van der Waals surface area contributed by atoms with Gasteiger partial charge in [0.1, 0.15) is 5.75 Å². The molecular weight excluding hydrogens is 166 g/mol. The number of para-hydroxylation sites is 1. The van der Waals surface area contributed by atoms with Crippen LogP contribution in [0.15, 0.2) is 24.3 Å². The van der Waals surface area contributed by atoms with Crippen molar-refractivity contribution in [3.8, 4) is 5.75 Å². The number of hydrogen-bond donors (Lipinski definition) is 3. The smallest absolute Gasteiger partial charge is 0.118 e. The highest BCUT2D eigenvalue weighted by Crippen LogP contribution is 2.20. The average Bonchev–Trinajstić information content (AvgIpc) is 2.09. The summed E-state index contributed by atoms with van der Waals surface area (Å²) in [6.07, 6.45) is 0.371. The fourth-order valence-corrected chi connectivity index (χ4v) is 1.14. The van der Waals surface area contributed by atoms with Gasteiger partial charge in [-0.2, -0.15) is 0 Å². The zero-order valence-corrected chi connectivity index (χ0v) is 7.70. The minimum Gasteiger partial charge on any atom is -0.508 e. The number of phenolic OH excluding ortho intramolecular Hbond substituents is 1. The minimum atomic E-state index is -0.946. The number of phenols is 1. The van der Waals surface area contributed by atoms with Gasteiger partial charge in [-0.05, 0) is 18.6 Å². The maximum absolute atomic E-state index is 9.66. The Kier molecular flexibility index (Phi) is 2.90. The van der Waals surface area contributed by atoms with E-state index in [-0.39, 0.29) is 12.3 Å². The van der Waals surface area contributed by atoms with Gasteiger partial charge in [0.25, 0.3) is 0 Å². The Labute approximate surface area is 77.8 Å². The highest BCUT2D eigenvalue weighted by Gasteiger charge is 2.19. The molecule has 0 saturated carbocycles. The van der Waals surface area contributed by atoms with Gasteiger partial charge in [0, 0.05) is 13.0 Å². The van der Waals surface area contributed by atoms with Gasteiger partial charge in [-0.25, -0.2) is 0 Å². The third-order valence-corrected chi connectivity index (χ3v) is 2.00. The van der Waals surface area contributed by atoms with Gasteiger partial charge in [-0.15, -0.1) is 0 Å². The largest absolute Gasteiger partial charge is 0.508 e. The molecule has 0 fully saturated rings. The molecule has 0 aliphatic rings. The first-order chi connectivity index (χ1) is 6.05. The molecule has 0 aliphatic heterocycles. The van der Waals surface area contributed by atoms with Gasteiger partial charge in [0.15, 0.2) is 0 Å². The van der Waals surface area contributed by atoms with Gasteiger partial charge >= 0.3 is 0 Å². The summed E-state index contributed by atoms with van der Waals surface area (Å²) in [7, 11) is 0. The van der Waals surface area contributed by atoms with Crippen LogP contribution in [0.3, 0.4) is 0 Å². The number of rotatable bonds is 3. The molecule has 3 heteroatoms. The molecule has 0 amide bonds. The van der Waals surface area contributed by atoms with Gasteiger partial charge < -0.3 is 15.9 Å². The van der Waals surface area contributed by atoms with Crippen LogP contribution < -0.4 is 5.73 Å². The van der Waals surface area contributed by atoms with E-state index in [1.54, 1.807) is 25.1 Å². The lowest BCUT2D eigenvalue weighted by Gasteiger charge is -2.21. The van der Waals surface area contributed by atoms with E-state index in [9.17, 15) is 10.2 Å². The normalized spacial score (nSPS) is 15.3. The number of benzene rings is 1. The average molecular weight is 181 g/mol. The van der Waals surface area contributed by atoms with Crippen molar-refractivity contribution in [1.29, 1.82) is 0 Å². The van der Waals surface area contributed by atoms with E-state index in [1.807, 2.05) is 6.07 Å². The van der Waals surface area contributed by atoms with Gasteiger partial charge in [0.2, 0.25) is 0 Å². The van der Waals surface area contributed by atoms with Crippen molar-refractivity contribution in [1.82, 2.24) is 0 Å². The van der Waals surface area contributed by atoms with Crippen molar-refractivity contribution in [3.05, 3.63) is 29.8 Å². The third-order valence-electron chi connectivity index (χ3n) is 2.00. The maximum Gasteiger partial charge on any atom is 0.118 e. The lowest BCUT2D eigenvalue weighted by atomic mass is 9.96. The number of aromatic hydroxyl groups is 1. The van der Waals surface area contributed by atoms with Crippen molar-refractivity contribution in [2.75, 3.05) is 6.54 Å². The van der Waals surface area contributed by atoms with Crippen LogP contribution in [0.1, 0.15) is 12.5 Å². The van der Waals surface area contributed by atoms with Crippen molar-refractivity contribution in [2.45, 2.75) is 18.9 Å². The van der Waals surface area contributed by atoms with Crippen LogP contribution in [0.2, 0.25) is 0 Å². The predicted molar refractivity (Wildman–Crippen MR) is 51.5 cm³/mol. The zero-order valence-electron chi connectivity index (χ0n) is 7.70. The van der Waals surface area contributed by atoms with Crippen LogP contribution in [-0.2, 0) is 6.42 Å². The number of aliphatic hydroxyl groups is 1. The summed E-state index contributed by atoms with van der Waals surface area (Å²) in [5.74, 6) is 0.205. The van der Waals surface area contributed by atoms with Crippen molar-refractivity contribution in [2.24, 2.45) is 5.73 Å². The molecule has 1 aromatic rings. The van der Waals surface area contributed by atoms with E-state index in [2.05, 4.69) is 0 Å². The Bertz CT molecular complexity index is 284. The van der Waals surface area contributed by atoms with E-state index in [1.165, 1.54) is 0 Å². The minimum absolute atomic E-state index is 0.182. The Hall–Kier alpha value is -1.06. The Balaban J connectivity index is 2.80. The van der Waals surface area contributed by atoms with Crippen molar-refractivity contribution in [3.63, 3.8) is 0 Å². The van der Waals surface area contributed by atoms with E-state index in [4.69, 9.17) is 5.73 Å². The standard InChI is InChI=1S/C10H15NO2/c1-10(13,7-11)6-8-4-2-3-5-9(8)12/h2-5,12-13H,6-7,11H2,1H3. The molecule has 3 nitrogen and oxygen atoms in total. The maximum atomic E-state index is 9.66. The van der Waals surface area contributed by atoms with Crippen molar-refractivity contribution < 1.29 is 10.2 Å². The lowest BCUT2D eigenvalue weighted by Crippen LogP contribution is -2.36. The fraction of sp³-hybridized carbons (Fsp3) is 0.400. The highest BCUT2D eigenvalue weighted by atomic mass is 16.3. The summed E-state index contributed by atoms with van der Waals surface area (Å²) >= 11 is 0. The topological polar surface area (TPSA) is 66.5 Å². The van der Waals surface area contributed by atoms with E-state index >= 15 is 0 Å². The van der Waals surface area contributed by atoms with Crippen LogP contribution >= 0.6 is 0 Å². The molecule has 0 bridgehead atoms. The second-order valence-corrected chi connectivity index (χ2v) is 3.51. The van der Waals surface area contributed by atoms with Crippen LogP contribution in [0.4, 0.5) is 0 Å². The summed E-state index contributed by atoms with van der Waals surface area (Å²) in [5.41, 5.74) is 5.15. The summed E-state index contributed by atoms with van der Waals surface area (Å²) in [6, 6.07) is 6.94. The highest BCUT2D eigenvalue weighted by molar-refractivity contribution is 5.32. The molecule has 1 unspecified atom stereocenters. The van der Waals surface area contributed by atoms with Crippen LogP contribution in [-0.4, -0.2) is 22.4 Å². The monoisotopic (exact) mass is 181 g/mol.